The van der Waals surface area contributed by atoms with Gasteiger partial charge >= 0.3 is 0 Å². The van der Waals surface area contributed by atoms with Crippen molar-refractivity contribution in [3.8, 4) is 0 Å². The van der Waals surface area contributed by atoms with E-state index in [0.29, 0.717) is 5.56 Å². The molecule has 24 heavy (non-hydrogen) atoms. The van der Waals surface area contributed by atoms with E-state index >= 15 is 0 Å². The molecule has 134 valence electrons. The van der Waals surface area contributed by atoms with Gasteiger partial charge < -0.3 is 15.8 Å². The molecule has 0 spiro atoms. The van der Waals surface area contributed by atoms with Crippen LogP contribution in [0.25, 0.3) is 0 Å². The number of ether oxygens (including phenoxy) is 1. The summed E-state index contributed by atoms with van der Waals surface area (Å²) in [6, 6.07) is 7.00. The molecule has 1 aromatic carbocycles. The molecule has 2 rings (SSSR count). The smallest absolute Gasteiger partial charge is 0.277 e. The molecule has 1 amide bonds. The van der Waals surface area contributed by atoms with E-state index in [1.54, 1.807) is 12.1 Å². The number of alkyl halides is 2. The Labute approximate surface area is 141 Å². The van der Waals surface area contributed by atoms with E-state index in [-0.39, 0.29) is 12.2 Å². The van der Waals surface area contributed by atoms with E-state index < -0.39 is 24.9 Å². The minimum atomic E-state index is -3.08. The number of nitrogens with two attached hydrogens (primary N) is 1. The number of halogens is 2. The van der Waals surface area contributed by atoms with Gasteiger partial charge in [-0.15, -0.1) is 0 Å². The predicted molar refractivity (Wildman–Crippen MR) is 88.1 cm³/mol. The molecule has 1 aliphatic rings. The summed E-state index contributed by atoms with van der Waals surface area (Å²) < 4.78 is 31.8. The first-order valence-electron chi connectivity index (χ1n) is 8.12. The van der Waals surface area contributed by atoms with Crippen molar-refractivity contribution in [2.75, 3.05) is 26.2 Å². The van der Waals surface area contributed by atoms with Gasteiger partial charge in [0.05, 0.1) is 25.3 Å². The number of morpholine rings is 1. The van der Waals surface area contributed by atoms with Gasteiger partial charge in [0.1, 0.15) is 0 Å². The zero-order chi connectivity index (χ0) is 17.7. The van der Waals surface area contributed by atoms with Crippen LogP contribution in [0.3, 0.4) is 0 Å². The lowest BCUT2D eigenvalue weighted by Gasteiger charge is -2.35. The molecule has 0 saturated carbocycles. The van der Waals surface area contributed by atoms with Gasteiger partial charge in [-0.3, -0.25) is 9.69 Å². The highest BCUT2D eigenvalue weighted by Crippen LogP contribution is 2.15. The van der Waals surface area contributed by atoms with Crippen LogP contribution in [0, 0.1) is 0 Å². The molecular weight excluding hydrogens is 316 g/mol. The van der Waals surface area contributed by atoms with Crippen LogP contribution < -0.4 is 11.1 Å². The van der Waals surface area contributed by atoms with Crippen molar-refractivity contribution < 1.29 is 18.3 Å². The molecule has 5 nitrogen and oxygen atoms in total. The SMILES string of the molecule is CC1CN(Cc2ccc(C(=O)NCC(F)(F)CN)cc2)CC(C)O1. The normalized spacial score (nSPS) is 22.4. The van der Waals surface area contributed by atoms with Gasteiger partial charge in [0.25, 0.3) is 11.8 Å². The molecule has 0 radical (unpaired) electrons. The summed E-state index contributed by atoms with van der Waals surface area (Å²) in [6.07, 6.45) is 0.394. The van der Waals surface area contributed by atoms with Crippen LogP contribution in [0.2, 0.25) is 0 Å². The van der Waals surface area contributed by atoms with E-state index in [9.17, 15) is 13.6 Å². The highest BCUT2D eigenvalue weighted by molar-refractivity contribution is 5.94. The first-order chi connectivity index (χ1) is 11.3. The summed E-state index contributed by atoms with van der Waals surface area (Å²) in [6.45, 7) is 5.05. The molecule has 0 bridgehead atoms. The Morgan fingerprint density at radius 1 is 1.29 bits per heavy atom. The molecule has 0 aliphatic carbocycles. The maximum Gasteiger partial charge on any atom is 0.277 e. The number of nitrogens with zero attached hydrogens (tertiary/aromatic N) is 1. The third-order valence-electron chi connectivity index (χ3n) is 3.92. The van der Waals surface area contributed by atoms with Crippen LogP contribution >= 0.6 is 0 Å². The zero-order valence-electron chi connectivity index (χ0n) is 14.1. The Morgan fingerprint density at radius 2 is 1.88 bits per heavy atom. The van der Waals surface area contributed by atoms with Crippen molar-refractivity contribution >= 4 is 5.91 Å². The van der Waals surface area contributed by atoms with Crippen LogP contribution in [0.1, 0.15) is 29.8 Å². The van der Waals surface area contributed by atoms with Gasteiger partial charge in [-0.05, 0) is 31.5 Å². The largest absolute Gasteiger partial charge is 0.373 e. The number of carbonyl (C=O) groups is 1. The summed E-state index contributed by atoms with van der Waals surface area (Å²) in [5, 5.41) is 2.21. The fourth-order valence-electron chi connectivity index (χ4n) is 2.82. The van der Waals surface area contributed by atoms with E-state index in [2.05, 4.69) is 10.2 Å². The Kier molecular flexibility index (Phi) is 6.26. The average Bonchev–Trinajstić information content (AvgIpc) is 2.52. The number of hydrogen-bond acceptors (Lipinski definition) is 4. The number of hydrogen-bond donors (Lipinski definition) is 2. The third-order valence-corrected chi connectivity index (χ3v) is 3.92. The van der Waals surface area contributed by atoms with E-state index in [4.69, 9.17) is 10.5 Å². The standard InChI is InChI=1S/C17H25F2N3O2/c1-12-7-22(8-13(2)24-12)9-14-3-5-15(6-4-14)16(23)21-11-17(18,19)10-20/h3-6,12-13H,7-11,20H2,1-2H3,(H,21,23). The monoisotopic (exact) mass is 341 g/mol. The van der Waals surface area contributed by atoms with Gasteiger partial charge in [-0.2, -0.15) is 0 Å². The van der Waals surface area contributed by atoms with Crippen molar-refractivity contribution in [2.24, 2.45) is 5.73 Å². The van der Waals surface area contributed by atoms with E-state index in [1.807, 2.05) is 26.0 Å². The third kappa shape index (κ3) is 5.51. The van der Waals surface area contributed by atoms with Crippen LogP contribution in [-0.2, 0) is 11.3 Å². The van der Waals surface area contributed by atoms with Crippen molar-refractivity contribution in [1.82, 2.24) is 10.2 Å². The van der Waals surface area contributed by atoms with Gasteiger partial charge in [-0.25, -0.2) is 8.78 Å². The minimum Gasteiger partial charge on any atom is -0.373 e. The number of benzene rings is 1. The molecule has 1 fully saturated rings. The van der Waals surface area contributed by atoms with Crippen LogP contribution in [0.5, 0.6) is 0 Å². The topological polar surface area (TPSA) is 67.6 Å². The number of amides is 1. The molecule has 2 atom stereocenters. The summed E-state index contributed by atoms with van der Waals surface area (Å²) in [7, 11) is 0. The Hall–Kier alpha value is -1.57. The summed E-state index contributed by atoms with van der Waals surface area (Å²) >= 11 is 0. The van der Waals surface area contributed by atoms with Crippen molar-refractivity contribution in [1.29, 1.82) is 0 Å². The maximum absolute atomic E-state index is 13.1. The second-order valence-corrected chi connectivity index (χ2v) is 6.39. The lowest BCUT2D eigenvalue weighted by molar-refractivity contribution is -0.0704. The highest BCUT2D eigenvalue weighted by Gasteiger charge is 2.27. The molecule has 7 heteroatoms. The Balaban J connectivity index is 1.89. The van der Waals surface area contributed by atoms with Gasteiger partial charge in [-0.1, -0.05) is 12.1 Å². The number of rotatable bonds is 6. The van der Waals surface area contributed by atoms with E-state index in [1.165, 1.54) is 0 Å². The fraction of sp³-hybridized carbons (Fsp3) is 0.588. The first-order valence-corrected chi connectivity index (χ1v) is 8.12. The fourth-order valence-corrected chi connectivity index (χ4v) is 2.82. The second kappa shape index (κ2) is 8.00. The van der Waals surface area contributed by atoms with E-state index in [0.717, 1.165) is 25.2 Å². The molecular formula is C17H25F2N3O2. The van der Waals surface area contributed by atoms with Crippen molar-refractivity contribution in [3.63, 3.8) is 0 Å². The summed E-state index contributed by atoms with van der Waals surface area (Å²) in [4.78, 5) is 14.2. The van der Waals surface area contributed by atoms with Crippen molar-refractivity contribution in [2.45, 2.75) is 38.5 Å². The molecule has 1 aliphatic heterocycles. The molecule has 1 saturated heterocycles. The Bertz CT molecular complexity index is 541. The van der Waals surface area contributed by atoms with Crippen LogP contribution in [0.4, 0.5) is 8.78 Å². The van der Waals surface area contributed by atoms with Gasteiger partial charge in [0.15, 0.2) is 0 Å². The Morgan fingerprint density at radius 3 is 2.42 bits per heavy atom. The lowest BCUT2D eigenvalue weighted by atomic mass is 10.1. The second-order valence-electron chi connectivity index (χ2n) is 6.39. The summed E-state index contributed by atoms with van der Waals surface area (Å²) in [5.74, 6) is -3.61. The van der Waals surface area contributed by atoms with Crippen LogP contribution in [0.15, 0.2) is 24.3 Å². The molecule has 2 unspecified atom stereocenters. The molecule has 3 N–H and O–H groups in total. The molecule has 1 aromatic rings. The maximum atomic E-state index is 13.1. The first kappa shape index (κ1) is 18.8. The average molecular weight is 341 g/mol. The lowest BCUT2D eigenvalue weighted by Crippen LogP contribution is -2.44. The molecule has 1 heterocycles. The quantitative estimate of drug-likeness (QED) is 0.825. The number of nitrogens with one attached hydrogen (secondary N) is 1. The molecule has 0 aromatic heterocycles. The van der Waals surface area contributed by atoms with Gasteiger partial charge in [0, 0.05) is 25.2 Å². The van der Waals surface area contributed by atoms with Crippen LogP contribution in [-0.4, -0.2) is 55.1 Å². The predicted octanol–water partition coefficient (Wildman–Crippen LogP) is 1.62. The zero-order valence-corrected chi connectivity index (χ0v) is 14.1. The summed E-state index contributed by atoms with van der Waals surface area (Å²) in [5.41, 5.74) is 6.37. The number of carbonyl (C=O) groups excluding carboxylic acids is 1. The van der Waals surface area contributed by atoms with Gasteiger partial charge in [0.2, 0.25) is 0 Å². The highest BCUT2D eigenvalue weighted by atomic mass is 19.3. The van der Waals surface area contributed by atoms with Crippen molar-refractivity contribution in [3.05, 3.63) is 35.4 Å². The minimum absolute atomic E-state index is 0.197.